The fraction of sp³-hybridized carbons (Fsp3) is 0.562. The fourth-order valence-electron chi connectivity index (χ4n) is 3.97. The monoisotopic (exact) mass is 306 g/mol. The van der Waals surface area contributed by atoms with E-state index < -0.39 is 0 Å². The molecule has 2 aliphatic carbocycles. The number of thioether (sulfide) groups is 1. The largest absolute Gasteiger partial charge is 0.389 e. The van der Waals surface area contributed by atoms with Crippen LogP contribution >= 0.6 is 24.0 Å². The molecule has 0 heterocycles. The Kier molecular flexibility index (Phi) is 4.22. The maximum absolute atomic E-state index is 5.91. The van der Waals surface area contributed by atoms with E-state index >= 15 is 0 Å². The van der Waals surface area contributed by atoms with Crippen molar-refractivity contribution in [3.05, 3.63) is 23.8 Å². The van der Waals surface area contributed by atoms with Crippen molar-refractivity contribution in [2.45, 2.75) is 30.6 Å². The molecule has 3 N–H and O–H groups in total. The zero-order valence-electron chi connectivity index (χ0n) is 11.9. The van der Waals surface area contributed by atoms with Crippen LogP contribution in [0.1, 0.15) is 31.2 Å². The number of thiocarbonyl (C=S) groups is 1. The number of benzene rings is 1. The van der Waals surface area contributed by atoms with Gasteiger partial charge in [0.05, 0.1) is 0 Å². The SMILES string of the molecule is CSc1cccc(NCC2CC3CCC2C3)c1C(N)=S. The normalized spacial score (nSPS) is 27.8. The van der Waals surface area contributed by atoms with Crippen LogP contribution in [0.5, 0.6) is 0 Å². The van der Waals surface area contributed by atoms with Gasteiger partial charge >= 0.3 is 0 Å². The lowest BCUT2D eigenvalue weighted by atomic mass is 9.89. The molecule has 2 nitrogen and oxygen atoms in total. The highest BCUT2D eigenvalue weighted by Crippen LogP contribution is 2.48. The van der Waals surface area contributed by atoms with Crippen LogP contribution < -0.4 is 11.1 Å². The summed E-state index contributed by atoms with van der Waals surface area (Å²) in [6, 6.07) is 6.26. The smallest absolute Gasteiger partial charge is 0.107 e. The molecule has 0 amide bonds. The van der Waals surface area contributed by atoms with Crippen molar-refractivity contribution in [2.75, 3.05) is 18.1 Å². The van der Waals surface area contributed by atoms with Crippen molar-refractivity contribution < 1.29 is 0 Å². The van der Waals surface area contributed by atoms with Gasteiger partial charge in [0.2, 0.25) is 0 Å². The second-order valence-electron chi connectivity index (χ2n) is 6.06. The lowest BCUT2D eigenvalue weighted by molar-refractivity contribution is 0.348. The molecule has 0 aliphatic heterocycles. The maximum Gasteiger partial charge on any atom is 0.107 e. The topological polar surface area (TPSA) is 38.0 Å². The van der Waals surface area contributed by atoms with Crippen molar-refractivity contribution in [2.24, 2.45) is 23.5 Å². The average Bonchev–Trinajstić information content (AvgIpc) is 3.06. The Balaban J connectivity index is 1.72. The minimum Gasteiger partial charge on any atom is -0.389 e. The molecule has 0 saturated heterocycles. The average molecular weight is 306 g/mol. The standard InChI is InChI=1S/C16H22N2S2/c1-20-14-4-2-3-13(15(14)16(17)19)18-9-12-8-10-5-6-11(12)7-10/h2-4,10-12,18H,5-9H2,1H3,(H2,17,19). The van der Waals surface area contributed by atoms with Gasteiger partial charge in [0.25, 0.3) is 0 Å². The van der Waals surface area contributed by atoms with Gasteiger partial charge in [-0.05, 0) is 55.4 Å². The number of anilines is 1. The van der Waals surface area contributed by atoms with E-state index in [0.717, 1.165) is 40.4 Å². The van der Waals surface area contributed by atoms with E-state index in [1.54, 1.807) is 11.8 Å². The molecule has 0 aromatic heterocycles. The second kappa shape index (κ2) is 5.94. The van der Waals surface area contributed by atoms with Crippen LogP contribution in [0.4, 0.5) is 5.69 Å². The van der Waals surface area contributed by atoms with Crippen molar-refractivity contribution in [1.82, 2.24) is 0 Å². The third kappa shape index (κ3) is 2.68. The van der Waals surface area contributed by atoms with Gasteiger partial charge in [-0.25, -0.2) is 0 Å². The number of hydrogen-bond donors (Lipinski definition) is 2. The predicted molar refractivity (Wildman–Crippen MR) is 91.5 cm³/mol. The highest BCUT2D eigenvalue weighted by molar-refractivity contribution is 7.98. The first kappa shape index (κ1) is 14.2. The summed E-state index contributed by atoms with van der Waals surface area (Å²) in [5.41, 5.74) is 8.03. The molecule has 4 heteroatoms. The molecule has 2 saturated carbocycles. The number of nitrogens with two attached hydrogens (primary N) is 1. The van der Waals surface area contributed by atoms with Crippen LogP contribution in [0.2, 0.25) is 0 Å². The summed E-state index contributed by atoms with van der Waals surface area (Å²) in [4.78, 5) is 1.65. The van der Waals surface area contributed by atoms with Crippen molar-refractivity contribution in [3.63, 3.8) is 0 Å². The molecule has 0 spiro atoms. The highest BCUT2D eigenvalue weighted by atomic mass is 32.2. The molecule has 108 valence electrons. The molecule has 2 fully saturated rings. The molecule has 1 aromatic rings. The van der Waals surface area contributed by atoms with Gasteiger partial charge in [-0.2, -0.15) is 0 Å². The van der Waals surface area contributed by atoms with Crippen LogP contribution in [0.25, 0.3) is 0 Å². The molecule has 3 atom stereocenters. The van der Waals surface area contributed by atoms with Gasteiger partial charge < -0.3 is 11.1 Å². The Labute approximate surface area is 130 Å². The molecule has 2 bridgehead atoms. The third-order valence-corrected chi connectivity index (χ3v) is 5.92. The van der Waals surface area contributed by atoms with Gasteiger partial charge in [-0.15, -0.1) is 11.8 Å². The summed E-state index contributed by atoms with van der Waals surface area (Å²) in [7, 11) is 0. The first-order chi connectivity index (χ1) is 9.69. The first-order valence-electron chi connectivity index (χ1n) is 7.39. The molecule has 3 unspecified atom stereocenters. The first-order valence-corrected chi connectivity index (χ1v) is 9.03. The summed E-state index contributed by atoms with van der Waals surface area (Å²) in [6.07, 6.45) is 7.82. The zero-order chi connectivity index (χ0) is 14.1. The van der Waals surface area contributed by atoms with Gasteiger partial charge in [0, 0.05) is 22.7 Å². The van der Waals surface area contributed by atoms with E-state index in [0.29, 0.717) is 4.99 Å². The third-order valence-electron chi connectivity index (χ3n) is 4.93. The summed E-state index contributed by atoms with van der Waals surface area (Å²) in [5, 5.41) is 3.62. The summed E-state index contributed by atoms with van der Waals surface area (Å²) in [6.45, 7) is 1.06. The minimum absolute atomic E-state index is 0.491. The number of fused-ring (bicyclic) bond motifs is 2. The number of nitrogens with one attached hydrogen (secondary N) is 1. The van der Waals surface area contributed by atoms with Crippen molar-refractivity contribution >= 4 is 34.7 Å². The Hall–Kier alpha value is -0.740. The molecule has 20 heavy (non-hydrogen) atoms. The van der Waals surface area contributed by atoms with Gasteiger partial charge in [0.1, 0.15) is 4.99 Å². The van der Waals surface area contributed by atoms with Gasteiger partial charge in [0.15, 0.2) is 0 Å². The number of rotatable bonds is 5. The van der Waals surface area contributed by atoms with Crippen molar-refractivity contribution in [3.8, 4) is 0 Å². The van der Waals surface area contributed by atoms with Crippen LogP contribution in [0, 0.1) is 17.8 Å². The van der Waals surface area contributed by atoms with E-state index in [9.17, 15) is 0 Å². The van der Waals surface area contributed by atoms with Crippen LogP contribution in [0.15, 0.2) is 23.1 Å². The molecule has 1 aromatic carbocycles. The Morgan fingerprint density at radius 3 is 2.85 bits per heavy atom. The fourth-order valence-corrected chi connectivity index (χ4v) is 4.89. The quantitative estimate of drug-likeness (QED) is 0.639. The lowest BCUT2D eigenvalue weighted by Crippen LogP contribution is -2.22. The van der Waals surface area contributed by atoms with Crippen molar-refractivity contribution in [1.29, 1.82) is 0 Å². The molecule has 3 rings (SSSR count). The molecular weight excluding hydrogens is 284 g/mol. The van der Waals surface area contributed by atoms with E-state index in [4.69, 9.17) is 18.0 Å². The van der Waals surface area contributed by atoms with Gasteiger partial charge in [-0.3, -0.25) is 0 Å². The summed E-state index contributed by atoms with van der Waals surface area (Å²) >= 11 is 6.93. The summed E-state index contributed by atoms with van der Waals surface area (Å²) < 4.78 is 0. The molecular formula is C16H22N2S2. The van der Waals surface area contributed by atoms with Crippen LogP contribution in [-0.4, -0.2) is 17.8 Å². The highest BCUT2D eigenvalue weighted by Gasteiger charge is 2.39. The number of hydrogen-bond acceptors (Lipinski definition) is 3. The van der Waals surface area contributed by atoms with E-state index in [-0.39, 0.29) is 0 Å². The van der Waals surface area contributed by atoms with E-state index in [1.165, 1.54) is 25.7 Å². The Morgan fingerprint density at radius 1 is 1.40 bits per heavy atom. The maximum atomic E-state index is 5.91. The molecule has 2 aliphatic rings. The van der Waals surface area contributed by atoms with Crippen LogP contribution in [0.3, 0.4) is 0 Å². The lowest BCUT2D eigenvalue weighted by Gasteiger charge is -2.23. The zero-order valence-corrected chi connectivity index (χ0v) is 13.5. The minimum atomic E-state index is 0.491. The Morgan fingerprint density at radius 2 is 2.25 bits per heavy atom. The predicted octanol–water partition coefficient (Wildman–Crippen LogP) is 3.89. The molecule has 0 radical (unpaired) electrons. The van der Waals surface area contributed by atoms with E-state index in [1.807, 2.05) is 0 Å². The summed E-state index contributed by atoms with van der Waals surface area (Å²) in [5.74, 6) is 2.79. The second-order valence-corrected chi connectivity index (χ2v) is 7.35. The van der Waals surface area contributed by atoms with Gasteiger partial charge in [-0.1, -0.05) is 24.7 Å². The van der Waals surface area contributed by atoms with Crippen LogP contribution in [-0.2, 0) is 0 Å². The van der Waals surface area contributed by atoms with E-state index in [2.05, 4.69) is 29.8 Å². The Bertz CT molecular complexity index is 515.